The van der Waals surface area contributed by atoms with Crippen molar-refractivity contribution in [2.75, 3.05) is 18.5 Å². The first-order valence-corrected chi connectivity index (χ1v) is 5.05. The van der Waals surface area contributed by atoms with Gasteiger partial charge in [0.1, 0.15) is 0 Å². The van der Waals surface area contributed by atoms with E-state index in [9.17, 15) is 0 Å². The molecule has 4 nitrogen and oxygen atoms in total. The van der Waals surface area contributed by atoms with Crippen molar-refractivity contribution in [3.05, 3.63) is 18.0 Å². The minimum absolute atomic E-state index is 0.448. The summed E-state index contributed by atoms with van der Waals surface area (Å²) in [7, 11) is 1.89. The summed E-state index contributed by atoms with van der Waals surface area (Å²) in [5, 5.41) is 8.46. The number of aromatic nitrogens is 2. The molecule has 0 spiro atoms. The molecule has 1 rings (SSSR count). The second kappa shape index (κ2) is 5.30. The minimum atomic E-state index is 0.448. The molecule has 0 radical (unpaired) electrons. The van der Waals surface area contributed by atoms with Crippen LogP contribution in [-0.2, 0) is 0 Å². The lowest BCUT2D eigenvalue weighted by Crippen LogP contribution is -2.20. The second-order valence-corrected chi connectivity index (χ2v) is 3.80. The molecule has 0 atom stereocenters. The smallest absolute Gasteiger partial charge is 0.225 e. The highest BCUT2D eigenvalue weighted by atomic mass is 15.2. The average molecular weight is 204 g/mol. The predicted molar refractivity (Wildman–Crippen MR) is 59.6 cm³/mol. The first-order valence-electron chi connectivity index (χ1n) is 5.05. The van der Waals surface area contributed by atoms with Crippen molar-refractivity contribution >= 4 is 5.95 Å². The van der Waals surface area contributed by atoms with Crippen LogP contribution in [0.5, 0.6) is 0 Å². The maximum absolute atomic E-state index is 8.46. The van der Waals surface area contributed by atoms with E-state index in [0.717, 1.165) is 5.56 Å². The zero-order chi connectivity index (χ0) is 11.3. The zero-order valence-electron chi connectivity index (χ0n) is 9.44. The molecule has 0 aliphatic carbocycles. The Balaban J connectivity index is 2.67. The fourth-order valence-electron chi connectivity index (χ4n) is 1.14. The van der Waals surface area contributed by atoms with Crippen molar-refractivity contribution in [1.29, 1.82) is 5.26 Å². The first-order chi connectivity index (χ1) is 7.15. The highest BCUT2D eigenvalue weighted by molar-refractivity contribution is 5.29. The van der Waals surface area contributed by atoms with Crippen LogP contribution in [0.3, 0.4) is 0 Å². The normalized spacial score (nSPS) is 10.1. The monoisotopic (exact) mass is 204 g/mol. The summed E-state index contributed by atoms with van der Waals surface area (Å²) in [5.74, 6) is 1.12. The van der Waals surface area contributed by atoms with Crippen LogP contribution >= 0.6 is 0 Å². The largest absolute Gasteiger partial charge is 0.343 e. The van der Waals surface area contributed by atoms with Crippen LogP contribution in [0, 0.1) is 11.3 Å². The maximum atomic E-state index is 8.46. The Bertz CT molecular complexity index is 337. The molecule has 0 fully saturated rings. The van der Waals surface area contributed by atoms with Crippen LogP contribution in [-0.4, -0.2) is 23.6 Å². The Hall–Kier alpha value is -1.63. The lowest BCUT2D eigenvalue weighted by molar-refractivity contribution is 0.819. The van der Waals surface area contributed by atoms with Gasteiger partial charge in [0, 0.05) is 26.0 Å². The summed E-state index contributed by atoms with van der Waals surface area (Å²) in [6, 6.07) is 2.10. The molecule has 15 heavy (non-hydrogen) atoms. The summed E-state index contributed by atoms with van der Waals surface area (Å²) in [6.07, 6.45) is 4.18. The van der Waals surface area contributed by atoms with Gasteiger partial charge in [-0.05, 0) is 11.5 Å². The summed E-state index contributed by atoms with van der Waals surface area (Å²) >= 11 is 0. The molecule has 0 aromatic carbocycles. The van der Waals surface area contributed by atoms with Gasteiger partial charge in [-0.3, -0.25) is 0 Å². The third kappa shape index (κ3) is 3.21. The van der Waals surface area contributed by atoms with E-state index in [1.165, 1.54) is 0 Å². The van der Waals surface area contributed by atoms with Gasteiger partial charge in [-0.1, -0.05) is 13.8 Å². The van der Waals surface area contributed by atoms with Gasteiger partial charge in [0.15, 0.2) is 0 Å². The van der Waals surface area contributed by atoms with E-state index in [0.29, 0.717) is 24.8 Å². The van der Waals surface area contributed by atoms with Crippen LogP contribution < -0.4 is 4.90 Å². The van der Waals surface area contributed by atoms with Crippen molar-refractivity contribution in [3.8, 4) is 6.07 Å². The maximum Gasteiger partial charge on any atom is 0.225 e. The quantitative estimate of drug-likeness (QED) is 0.752. The Morgan fingerprint density at radius 1 is 1.40 bits per heavy atom. The Labute approximate surface area is 90.6 Å². The summed E-state index contributed by atoms with van der Waals surface area (Å²) in [5.41, 5.74) is 1.13. The van der Waals surface area contributed by atoms with Crippen LogP contribution in [0.1, 0.15) is 31.7 Å². The molecule has 1 aromatic rings. The van der Waals surface area contributed by atoms with Gasteiger partial charge in [0.05, 0.1) is 12.5 Å². The van der Waals surface area contributed by atoms with Crippen LogP contribution in [0.4, 0.5) is 5.95 Å². The molecule has 0 unspecified atom stereocenters. The molecular weight excluding hydrogens is 188 g/mol. The highest BCUT2D eigenvalue weighted by Gasteiger charge is 2.05. The molecule has 0 N–H and O–H groups in total. The third-order valence-corrected chi connectivity index (χ3v) is 2.23. The average Bonchev–Trinajstić information content (AvgIpc) is 2.26. The highest BCUT2D eigenvalue weighted by Crippen LogP contribution is 2.13. The van der Waals surface area contributed by atoms with Crippen LogP contribution in [0.15, 0.2) is 12.4 Å². The minimum Gasteiger partial charge on any atom is -0.343 e. The standard InChI is InChI=1S/C11H16N4/c1-9(2)10-7-13-11(14-8-10)15(3)6-4-5-12/h7-9H,4,6H2,1-3H3. The van der Waals surface area contributed by atoms with Gasteiger partial charge in [0.2, 0.25) is 5.95 Å². The second-order valence-electron chi connectivity index (χ2n) is 3.80. The molecule has 4 heteroatoms. The molecular formula is C11H16N4. The van der Waals surface area contributed by atoms with Crippen LogP contribution in [0.25, 0.3) is 0 Å². The molecule has 0 aliphatic rings. The van der Waals surface area contributed by atoms with Gasteiger partial charge < -0.3 is 4.90 Å². The number of hydrogen-bond donors (Lipinski definition) is 0. The van der Waals surface area contributed by atoms with Gasteiger partial charge in [-0.25, -0.2) is 9.97 Å². The van der Waals surface area contributed by atoms with Gasteiger partial charge in [-0.15, -0.1) is 0 Å². The molecule has 0 amide bonds. The molecule has 0 saturated carbocycles. The molecule has 0 saturated heterocycles. The Morgan fingerprint density at radius 3 is 2.47 bits per heavy atom. The van der Waals surface area contributed by atoms with Crippen molar-refractivity contribution in [2.45, 2.75) is 26.2 Å². The van der Waals surface area contributed by atoms with Crippen molar-refractivity contribution < 1.29 is 0 Å². The topological polar surface area (TPSA) is 52.8 Å². The number of hydrogen-bond acceptors (Lipinski definition) is 4. The van der Waals surface area contributed by atoms with E-state index in [4.69, 9.17) is 5.26 Å². The van der Waals surface area contributed by atoms with Crippen molar-refractivity contribution in [3.63, 3.8) is 0 Å². The predicted octanol–water partition coefficient (Wildman–Crippen LogP) is 1.95. The molecule has 1 heterocycles. The van der Waals surface area contributed by atoms with Crippen molar-refractivity contribution in [1.82, 2.24) is 9.97 Å². The van der Waals surface area contributed by atoms with Crippen molar-refractivity contribution in [2.24, 2.45) is 0 Å². The Kier molecular flexibility index (Phi) is 4.04. The van der Waals surface area contributed by atoms with E-state index in [1.54, 1.807) is 0 Å². The lowest BCUT2D eigenvalue weighted by Gasteiger charge is -2.15. The first kappa shape index (κ1) is 11.4. The molecule has 1 aromatic heterocycles. The lowest BCUT2D eigenvalue weighted by atomic mass is 10.1. The van der Waals surface area contributed by atoms with E-state index < -0.39 is 0 Å². The Morgan fingerprint density at radius 2 is 2.00 bits per heavy atom. The fraction of sp³-hybridized carbons (Fsp3) is 0.545. The van der Waals surface area contributed by atoms with Gasteiger partial charge in [0.25, 0.3) is 0 Å². The van der Waals surface area contributed by atoms with E-state index in [1.807, 2.05) is 24.3 Å². The van der Waals surface area contributed by atoms with E-state index in [-0.39, 0.29) is 0 Å². The fourth-order valence-corrected chi connectivity index (χ4v) is 1.14. The molecule has 0 aliphatic heterocycles. The molecule has 80 valence electrons. The number of rotatable bonds is 4. The van der Waals surface area contributed by atoms with Gasteiger partial charge >= 0.3 is 0 Å². The number of anilines is 1. The van der Waals surface area contributed by atoms with E-state index in [2.05, 4.69) is 29.9 Å². The summed E-state index contributed by atoms with van der Waals surface area (Å²) < 4.78 is 0. The molecule has 0 bridgehead atoms. The third-order valence-electron chi connectivity index (χ3n) is 2.23. The number of nitriles is 1. The van der Waals surface area contributed by atoms with Crippen LogP contribution in [0.2, 0.25) is 0 Å². The summed E-state index contributed by atoms with van der Waals surface area (Å²) in [6.45, 7) is 4.88. The SMILES string of the molecule is CC(C)c1cnc(N(C)CCC#N)nc1. The summed E-state index contributed by atoms with van der Waals surface area (Å²) in [4.78, 5) is 10.4. The van der Waals surface area contributed by atoms with E-state index >= 15 is 0 Å². The zero-order valence-corrected chi connectivity index (χ0v) is 9.44. The van der Waals surface area contributed by atoms with Gasteiger partial charge in [-0.2, -0.15) is 5.26 Å². The number of nitrogens with zero attached hydrogens (tertiary/aromatic N) is 4.